The lowest BCUT2D eigenvalue weighted by molar-refractivity contribution is -0.0204. The Bertz CT molecular complexity index is 977. The molecular formula is C29H38N2O. The molecule has 5 aliphatic carbocycles. The third-order valence-electron chi connectivity index (χ3n) is 10.0. The Balaban J connectivity index is 1.18. The van der Waals surface area contributed by atoms with Crippen LogP contribution >= 0.6 is 0 Å². The quantitative estimate of drug-likeness (QED) is 0.488. The third kappa shape index (κ3) is 3.50. The highest BCUT2D eigenvalue weighted by Crippen LogP contribution is 2.64. The van der Waals surface area contributed by atoms with E-state index in [9.17, 15) is 5.11 Å². The van der Waals surface area contributed by atoms with Gasteiger partial charge < -0.3 is 9.67 Å². The summed E-state index contributed by atoms with van der Waals surface area (Å²) in [5.41, 5.74) is 2.57. The highest BCUT2D eigenvalue weighted by molar-refractivity contribution is 5.29. The van der Waals surface area contributed by atoms with Gasteiger partial charge >= 0.3 is 0 Å². The molecule has 7 atom stereocenters. The highest BCUT2D eigenvalue weighted by Gasteiger charge is 2.56. The lowest BCUT2D eigenvalue weighted by Gasteiger charge is -2.54. The number of hydrogen-bond acceptors (Lipinski definition) is 2. The van der Waals surface area contributed by atoms with Gasteiger partial charge in [-0.3, -0.25) is 0 Å². The zero-order valence-corrected chi connectivity index (χ0v) is 19.6. The molecule has 0 radical (unpaired) electrons. The predicted molar refractivity (Wildman–Crippen MR) is 127 cm³/mol. The van der Waals surface area contributed by atoms with Gasteiger partial charge in [-0.2, -0.15) is 0 Å². The normalized spacial score (nSPS) is 42.7. The maximum absolute atomic E-state index is 11.1. The van der Waals surface area contributed by atoms with Gasteiger partial charge in [0, 0.05) is 31.3 Å². The Morgan fingerprint density at radius 3 is 2.84 bits per heavy atom. The van der Waals surface area contributed by atoms with Crippen molar-refractivity contribution in [3.63, 3.8) is 0 Å². The van der Waals surface area contributed by atoms with Crippen molar-refractivity contribution < 1.29 is 5.11 Å². The molecule has 0 aliphatic heterocycles. The van der Waals surface area contributed by atoms with Gasteiger partial charge in [0.25, 0.3) is 0 Å². The van der Waals surface area contributed by atoms with E-state index in [4.69, 9.17) is 0 Å². The van der Waals surface area contributed by atoms with Crippen molar-refractivity contribution in [3.8, 4) is 11.8 Å². The first-order valence-corrected chi connectivity index (χ1v) is 13.0. The number of aromatic nitrogens is 2. The van der Waals surface area contributed by atoms with E-state index in [1.165, 1.54) is 56.1 Å². The molecule has 4 fully saturated rings. The molecule has 6 rings (SSSR count). The van der Waals surface area contributed by atoms with Crippen LogP contribution in [-0.4, -0.2) is 20.3 Å². The lowest BCUT2D eigenvalue weighted by atomic mass is 9.51. The maximum Gasteiger partial charge on any atom is 0.129 e. The van der Waals surface area contributed by atoms with Crippen LogP contribution in [0.4, 0.5) is 0 Å². The summed E-state index contributed by atoms with van der Waals surface area (Å²) in [6.07, 6.45) is 20.2. The Kier molecular flexibility index (Phi) is 4.95. The fraction of sp³-hybridized carbons (Fsp3) is 0.690. The number of rotatable bonds is 3. The molecule has 3 heteroatoms. The molecule has 32 heavy (non-hydrogen) atoms. The molecule has 0 unspecified atom stereocenters. The van der Waals surface area contributed by atoms with Gasteiger partial charge in [0.05, 0.1) is 6.33 Å². The first-order chi connectivity index (χ1) is 15.5. The summed E-state index contributed by atoms with van der Waals surface area (Å²) in [7, 11) is 0. The van der Waals surface area contributed by atoms with E-state index in [0.29, 0.717) is 23.2 Å². The lowest BCUT2D eigenvalue weighted by Crippen LogP contribution is -2.47. The van der Waals surface area contributed by atoms with Gasteiger partial charge in [0.2, 0.25) is 0 Å². The molecule has 1 aromatic rings. The average molecular weight is 431 g/mol. The first kappa shape index (κ1) is 20.8. The standard InChI is InChI=1S/C29H38N2O/c1-20(18-31-16-15-30-19-31)26-7-8-27-25-6-5-22-17-29(32,13-9-21-3-4-21)14-11-23(22)24(25)10-12-28(26,27)2/h5,15-16,19,21,23-27,32H,1,3-4,6-8,10-12,14,17-18H2,2H3/t23-,24+,25+,26+,27-,28+,29+/m0/s1. The fourth-order valence-corrected chi connectivity index (χ4v) is 8.26. The number of nitrogens with zero attached hydrogens (tertiary/aromatic N) is 2. The molecule has 0 bridgehead atoms. The van der Waals surface area contributed by atoms with Crippen molar-refractivity contribution >= 4 is 0 Å². The van der Waals surface area contributed by atoms with Crippen molar-refractivity contribution in [2.45, 2.75) is 83.3 Å². The molecule has 5 aliphatic rings. The van der Waals surface area contributed by atoms with Gasteiger partial charge in [0.1, 0.15) is 5.60 Å². The second-order valence-corrected chi connectivity index (χ2v) is 11.9. The van der Waals surface area contributed by atoms with Crippen molar-refractivity contribution in [1.82, 2.24) is 9.55 Å². The van der Waals surface area contributed by atoms with Crippen molar-refractivity contribution in [2.75, 3.05) is 0 Å². The number of aliphatic hydroxyl groups is 1. The van der Waals surface area contributed by atoms with E-state index >= 15 is 0 Å². The molecule has 0 saturated heterocycles. The van der Waals surface area contributed by atoms with Crippen LogP contribution in [0.15, 0.2) is 42.5 Å². The topological polar surface area (TPSA) is 38.0 Å². The van der Waals surface area contributed by atoms with Crippen LogP contribution in [-0.2, 0) is 6.54 Å². The fourth-order valence-electron chi connectivity index (χ4n) is 8.26. The first-order valence-electron chi connectivity index (χ1n) is 13.0. The van der Waals surface area contributed by atoms with E-state index < -0.39 is 5.60 Å². The van der Waals surface area contributed by atoms with Crippen LogP contribution in [0.5, 0.6) is 0 Å². The minimum absolute atomic E-state index is 0.398. The Labute approximate surface area is 193 Å². The molecule has 0 spiro atoms. The number of fused-ring (bicyclic) bond motifs is 5. The van der Waals surface area contributed by atoms with Crippen LogP contribution in [0.3, 0.4) is 0 Å². The van der Waals surface area contributed by atoms with Gasteiger partial charge in [-0.15, -0.1) is 0 Å². The highest BCUT2D eigenvalue weighted by atomic mass is 16.3. The second kappa shape index (κ2) is 7.63. The van der Waals surface area contributed by atoms with E-state index in [2.05, 4.69) is 47.2 Å². The zero-order chi connectivity index (χ0) is 21.9. The van der Waals surface area contributed by atoms with E-state index in [-0.39, 0.29) is 0 Å². The number of hydrogen-bond donors (Lipinski definition) is 1. The van der Waals surface area contributed by atoms with Gasteiger partial charge in [-0.05, 0) is 92.8 Å². The molecular weight excluding hydrogens is 392 g/mol. The Morgan fingerprint density at radius 1 is 1.19 bits per heavy atom. The monoisotopic (exact) mass is 430 g/mol. The summed E-state index contributed by atoms with van der Waals surface area (Å²) in [4.78, 5) is 4.22. The Hall–Kier alpha value is -1.79. The second-order valence-electron chi connectivity index (χ2n) is 11.9. The summed E-state index contributed by atoms with van der Waals surface area (Å²) in [5.74, 6) is 11.0. The molecule has 1 aromatic heterocycles. The van der Waals surface area contributed by atoms with E-state index in [0.717, 1.165) is 43.6 Å². The summed E-state index contributed by atoms with van der Waals surface area (Å²) in [6.45, 7) is 8.06. The minimum atomic E-state index is -0.759. The molecule has 170 valence electrons. The molecule has 3 nitrogen and oxygen atoms in total. The van der Waals surface area contributed by atoms with E-state index in [1.54, 1.807) is 0 Å². The maximum atomic E-state index is 11.1. The largest absolute Gasteiger partial charge is 0.377 e. The minimum Gasteiger partial charge on any atom is -0.377 e. The molecule has 4 saturated carbocycles. The summed E-state index contributed by atoms with van der Waals surface area (Å²) in [6, 6.07) is 0. The number of allylic oxidation sites excluding steroid dienone is 2. The van der Waals surface area contributed by atoms with Crippen LogP contribution in [0.2, 0.25) is 0 Å². The van der Waals surface area contributed by atoms with Gasteiger partial charge in [-0.1, -0.05) is 42.6 Å². The Morgan fingerprint density at radius 2 is 2.06 bits per heavy atom. The SMILES string of the molecule is C=C(Cn1ccnc1)[C@H]1CC[C@H]2[C@@H]3CC=C4C[C@@](O)(C#CC5CC5)CC[C@@H]4[C@H]3CC[C@]12C. The van der Waals surface area contributed by atoms with Crippen LogP contribution in [0, 0.1) is 52.8 Å². The van der Waals surface area contributed by atoms with Crippen molar-refractivity contribution in [1.29, 1.82) is 0 Å². The van der Waals surface area contributed by atoms with Crippen LogP contribution in [0.1, 0.15) is 71.1 Å². The molecule has 1 heterocycles. The summed E-state index contributed by atoms with van der Waals surface area (Å²) in [5, 5.41) is 11.1. The third-order valence-corrected chi connectivity index (χ3v) is 10.0. The van der Waals surface area contributed by atoms with Crippen LogP contribution in [0.25, 0.3) is 0 Å². The molecule has 0 amide bonds. The van der Waals surface area contributed by atoms with Crippen molar-refractivity contribution in [2.24, 2.45) is 40.9 Å². The number of imidazole rings is 1. The van der Waals surface area contributed by atoms with Gasteiger partial charge in [-0.25, -0.2) is 4.98 Å². The predicted octanol–water partition coefficient (Wildman–Crippen LogP) is 5.77. The summed E-state index contributed by atoms with van der Waals surface area (Å²) < 4.78 is 2.18. The molecule has 0 aromatic carbocycles. The smallest absolute Gasteiger partial charge is 0.129 e. The summed E-state index contributed by atoms with van der Waals surface area (Å²) >= 11 is 0. The van der Waals surface area contributed by atoms with Gasteiger partial charge in [0.15, 0.2) is 0 Å². The van der Waals surface area contributed by atoms with Crippen LogP contribution < -0.4 is 0 Å². The van der Waals surface area contributed by atoms with E-state index in [1.807, 2.05) is 12.5 Å². The molecule has 1 N–H and O–H groups in total. The van der Waals surface area contributed by atoms with Crippen molar-refractivity contribution in [3.05, 3.63) is 42.5 Å². The average Bonchev–Trinajstić information content (AvgIpc) is 3.34. The zero-order valence-electron chi connectivity index (χ0n) is 19.6.